The van der Waals surface area contributed by atoms with Crippen molar-refractivity contribution in [1.29, 1.82) is 0 Å². The van der Waals surface area contributed by atoms with Gasteiger partial charge in [0, 0.05) is 40.4 Å². The first-order chi connectivity index (χ1) is 30.5. The van der Waals surface area contributed by atoms with Crippen molar-refractivity contribution < 1.29 is 0 Å². The number of hydrogen-bond donors (Lipinski definition) is 0. The van der Waals surface area contributed by atoms with Crippen molar-refractivity contribution in [2.45, 2.75) is 53.8 Å². The van der Waals surface area contributed by atoms with Crippen molar-refractivity contribution in [2.75, 3.05) is 0 Å². The Morgan fingerprint density at radius 2 is 1.23 bits per heavy atom. The van der Waals surface area contributed by atoms with Gasteiger partial charge in [-0.25, -0.2) is 0 Å². The summed E-state index contributed by atoms with van der Waals surface area (Å²) in [5.74, 6) is 4.13. The minimum absolute atomic E-state index is 0.0296. The van der Waals surface area contributed by atoms with Gasteiger partial charge in [0.05, 0.1) is 17.6 Å². The Hall–Kier alpha value is -5.55. The Morgan fingerprint density at radius 3 is 1.95 bits per heavy atom. The minimum atomic E-state index is -1.44. The fraction of sp³-hybridized carbons (Fsp3) is 0.233. The molecule has 0 saturated heterocycles. The summed E-state index contributed by atoms with van der Waals surface area (Å²) in [5, 5.41) is 23.4. The van der Waals surface area contributed by atoms with E-state index in [9.17, 15) is 0 Å². The van der Waals surface area contributed by atoms with E-state index in [2.05, 4.69) is 136 Å². The van der Waals surface area contributed by atoms with Crippen molar-refractivity contribution >= 4 is 111 Å². The molecule has 2 heteroatoms. The van der Waals surface area contributed by atoms with Gasteiger partial charge >= 0.3 is 0 Å². The van der Waals surface area contributed by atoms with E-state index in [0.717, 1.165) is 0 Å². The fourth-order valence-electron chi connectivity index (χ4n) is 18.3. The van der Waals surface area contributed by atoms with Crippen LogP contribution in [-0.2, 0) is 10.8 Å². The molecule has 12 unspecified atom stereocenters. The van der Waals surface area contributed by atoms with Gasteiger partial charge in [0.25, 0.3) is 0 Å². The van der Waals surface area contributed by atoms with Crippen LogP contribution in [0.5, 0.6) is 0 Å². The van der Waals surface area contributed by atoms with E-state index in [1.807, 2.05) is 28.9 Å². The molecule has 0 radical (unpaired) electrons. The van der Waals surface area contributed by atoms with Gasteiger partial charge in [0.1, 0.15) is 0 Å². The van der Waals surface area contributed by atoms with Crippen LogP contribution in [0.25, 0.3) is 83.2 Å². The lowest BCUT2D eigenvalue weighted by Gasteiger charge is -2.47. The maximum absolute atomic E-state index is 4.10. The van der Waals surface area contributed by atoms with E-state index in [4.69, 9.17) is 0 Å². The third-order valence-corrected chi connectivity index (χ3v) is 25.7. The van der Waals surface area contributed by atoms with Crippen molar-refractivity contribution in [3.8, 4) is 0 Å². The Morgan fingerprint density at radius 1 is 0.548 bits per heavy atom. The number of allylic oxidation sites excluding steroid dienone is 7. The highest BCUT2D eigenvalue weighted by Gasteiger charge is 2.66. The van der Waals surface area contributed by atoms with Gasteiger partial charge in [-0.15, -0.1) is 0 Å². The molecule has 1 saturated carbocycles. The average Bonchev–Trinajstić information content (AvgIpc) is 4.13. The van der Waals surface area contributed by atoms with Crippen LogP contribution in [0.15, 0.2) is 116 Å². The molecule has 10 aliphatic rings. The zero-order valence-electron chi connectivity index (χ0n) is 35.1. The first-order valence-electron chi connectivity index (χ1n) is 23.8. The second-order valence-corrected chi connectivity index (χ2v) is 27.6. The molecular weight excluding hydrogens is 777 g/mol. The number of rotatable bonds is 8. The van der Waals surface area contributed by atoms with E-state index >= 15 is 0 Å². The number of fused-ring (bicyclic) bond motifs is 5. The van der Waals surface area contributed by atoms with Crippen LogP contribution in [0.4, 0.5) is 0 Å². The third kappa shape index (κ3) is 2.90. The van der Waals surface area contributed by atoms with Crippen LogP contribution in [0, 0.1) is 29.6 Å². The molecule has 12 atom stereocenters. The van der Waals surface area contributed by atoms with E-state index in [0.29, 0.717) is 47.3 Å². The summed E-state index contributed by atoms with van der Waals surface area (Å²) in [5.41, 5.74) is 16.4. The summed E-state index contributed by atoms with van der Waals surface area (Å²) >= 11 is 0. The van der Waals surface area contributed by atoms with Crippen molar-refractivity contribution in [3.63, 3.8) is 0 Å². The molecule has 0 nitrogen and oxygen atoms in total. The fourth-order valence-corrected chi connectivity index (χ4v) is 23.7. The molecule has 1 fully saturated rings. The smallest absolute Gasteiger partial charge is 0.0689 e. The first kappa shape index (κ1) is 32.2. The highest BCUT2D eigenvalue weighted by Crippen LogP contribution is 2.75. The van der Waals surface area contributed by atoms with Crippen LogP contribution in [-0.4, -0.2) is 17.6 Å². The molecule has 8 aromatic carbocycles. The minimum Gasteiger partial charge on any atom is -0.0985 e. The van der Waals surface area contributed by atoms with Gasteiger partial charge in [0.15, 0.2) is 0 Å². The van der Waals surface area contributed by atoms with E-state index in [1.165, 1.54) is 34.2 Å². The zero-order chi connectivity index (χ0) is 40.2. The van der Waals surface area contributed by atoms with E-state index in [1.54, 1.807) is 91.5 Å². The lowest BCUT2D eigenvalue weighted by atomic mass is 9.60. The van der Waals surface area contributed by atoms with E-state index < -0.39 is 17.6 Å². The Kier molecular flexibility index (Phi) is 5.01. The number of hydrogen-bond acceptors (Lipinski definition) is 0. The van der Waals surface area contributed by atoms with Crippen molar-refractivity contribution in [3.05, 3.63) is 171 Å². The van der Waals surface area contributed by atoms with Crippen LogP contribution >= 0.6 is 0 Å². The van der Waals surface area contributed by atoms with Crippen LogP contribution < -0.4 is 20.8 Å². The summed E-state index contributed by atoms with van der Waals surface area (Å²) in [7, 11) is -2.87. The quantitative estimate of drug-likeness (QED) is 0.0814. The van der Waals surface area contributed by atoms with Gasteiger partial charge in [-0.3, -0.25) is 0 Å². The summed E-state index contributed by atoms with van der Waals surface area (Å²) < 4.78 is 0. The van der Waals surface area contributed by atoms with Crippen LogP contribution in [0.1, 0.15) is 62.3 Å². The molecule has 10 aliphatic carbocycles. The predicted molar refractivity (Wildman–Crippen MR) is 267 cm³/mol. The molecule has 18 rings (SSSR count). The lowest BCUT2D eigenvalue weighted by Crippen LogP contribution is -2.47. The average molecular weight is 821 g/mol. The first-order valence-corrected chi connectivity index (χ1v) is 28.9. The zero-order valence-corrected chi connectivity index (χ0v) is 37.5. The second-order valence-electron chi connectivity index (χ2n) is 21.9. The molecule has 0 bridgehead atoms. The van der Waals surface area contributed by atoms with Gasteiger partial charge in [-0.2, -0.15) is 0 Å². The predicted octanol–water partition coefficient (Wildman–Crippen LogP) is 10.5. The Bertz CT molecular complexity index is 3870. The van der Waals surface area contributed by atoms with Crippen molar-refractivity contribution in [1.82, 2.24) is 0 Å². The summed E-state index contributed by atoms with van der Waals surface area (Å²) in [6.45, 7) is 13.5. The largest absolute Gasteiger partial charge is 0.0985 e. The van der Waals surface area contributed by atoms with Gasteiger partial charge in [0.2, 0.25) is 0 Å². The molecule has 0 N–H and O–H groups in total. The molecule has 0 heterocycles. The van der Waals surface area contributed by atoms with Gasteiger partial charge in [-0.05, 0) is 150 Å². The van der Waals surface area contributed by atoms with Crippen LogP contribution in [0.2, 0.25) is 25.2 Å². The maximum atomic E-state index is 4.10. The second kappa shape index (κ2) is 9.66. The summed E-state index contributed by atoms with van der Waals surface area (Å²) in [4.78, 5) is 0. The Balaban J connectivity index is 1.05. The third-order valence-electron chi connectivity index (χ3n) is 20.1. The highest BCUT2D eigenvalue weighted by molar-refractivity contribution is 6.73. The topological polar surface area (TPSA) is 0 Å². The monoisotopic (exact) mass is 820 g/mol. The molecule has 0 spiro atoms. The molecule has 8 aromatic rings. The Labute approximate surface area is 363 Å². The summed E-state index contributed by atoms with van der Waals surface area (Å²) in [6, 6.07) is 26.8. The van der Waals surface area contributed by atoms with Crippen molar-refractivity contribution in [2.24, 2.45) is 29.6 Å². The molecule has 292 valence electrons. The number of benzene rings is 6. The SMILES string of the molecule is C=Cc1ccc([SiH](C)CC23C=CC4(C[SiH](C)c5ccc(C=C)cc5)c5c2c2c6c7c8c9c%10c(ccc%11c%12c%13c(c5c6c8c%13c%11%10)C4C=C%12)C4C=CC5C6C=CC3C=2C6C=7C5C94)cc1. The molecule has 0 aliphatic heterocycles. The normalized spacial score (nSPS) is 33.6. The highest BCUT2D eigenvalue weighted by atomic mass is 28.3. The van der Waals surface area contributed by atoms with Gasteiger partial charge in [-0.1, -0.05) is 158 Å². The lowest BCUT2D eigenvalue weighted by molar-refractivity contribution is 0.344. The maximum Gasteiger partial charge on any atom is 0.0689 e. The summed E-state index contributed by atoms with van der Waals surface area (Å²) in [6.07, 6.45) is 26.3. The van der Waals surface area contributed by atoms with Crippen LogP contribution in [0.3, 0.4) is 0 Å². The molecule has 0 amide bonds. The molecule has 0 aromatic heterocycles. The molecular formula is C60H44Si2. The molecule has 62 heavy (non-hydrogen) atoms. The standard InChI is InChI=1S/C60H44Si2/c1-5-27-7-11-29(12-8-27)61(3)25-59-23-24-60(26-62(4)30-13-9-28(6-2)10-14-30)38-22-20-36-34-18-16-32-31-15-17-33-35-19-21-37(59)45-43(35)48-41(33)39(31)47-40(32)42(34)49-44(36)46(38)56-54-52(49)50(47)51(48)53(54)55(45)57(59)58(56)60/h5-24,31,33,35,37-39,41,43,61-62H,1-2,25-26H2,3-4H3. The van der Waals surface area contributed by atoms with Gasteiger partial charge < -0.3 is 0 Å². The van der Waals surface area contributed by atoms with E-state index in [-0.39, 0.29) is 10.8 Å².